The summed E-state index contributed by atoms with van der Waals surface area (Å²) in [5.74, 6) is 0.398. The lowest BCUT2D eigenvalue weighted by molar-refractivity contribution is 0.303. The number of benzene rings is 1. The fourth-order valence-corrected chi connectivity index (χ4v) is 2.63. The molecule has 0 spiro atoms. The molecule has 0 radical (unpaired) electrons. The topological polar surface area (TPSA) is 42.4 Å². The highest BCUT2D eigenvalue weighted by Crippen LogP contribution is 2.30. The third-order valence-electron chi connectivity index (χ3n) is 3.82. The Hall–Kier alpha value is -1.84. The van der Waals surface area contributed by atoms with Crippen molar-refractivity contribution in [3.63, 3.8) is 0 Å². The highest BCUT2D eigenvalue weighted by Gasteiger charge is 2.15. The average molecular weight is 346 g/mol. The molecule has 1 aromatic heterocycles. The largest absolute Gasteiger partial charge is 0.480 e. The van der Waals surface area contributed by atoms with Crippen LogP contribution in [0.15, 0.2) is 42.5 Å². The Balaban J connectivity index is 2.46. The zero-order valence-corrected chi connectivity index (χ0v) is 15.4. The van der Waals surface area contributed by atoms with Gasteiger partial charge >= 0.3 is 0 Å². The molecule has 1 N–H and O–H groups in total. The quantitative estimate of drug-likeness (QED) is 0.841. The van der Waals surface area contributed by atoms with Gasteiger partial charge in [-0.2, -0.15) is 0 Å². The molecule has 1 aromatic carbocycles. The third-order valence-corrected chi connectivity index (χ3v) is 4.11. The molecule has 2 rings (SSSR count). The van der Waals surface area contributed by atoms with Gasteiger partial charge in [0, 0.05) is 12.2 Å². The number of methoxy groups -OCH3 is 1. The Labute approximate surface area is 149 Å². The molecule has 0 aliphatic heterocycles. The molecule has 0 aliphatic carbocycles. The first-order chi connectivity index (χ1) is 11.4. The summed E-state index contributed by atoms with van der Waals surface area (Å²) in [5, 5.41) is 9.67. The molecule has 3 nitrogen and oxygen atoms in total. The lowest BCUT2D eigenvalue weighted by atomic mass is 9.86. The summed E-state index contributed by atoms with van der Waals surface area (Å²) >= 11 is 6.08. The van der Waals surface area contributed by atoms with Gasteiger partial charge in [0.05, 0.1) is 12.8 Å². The molecule has 0 aliphatic rings. The summed E-state index contributed by atoms with van der Waals surface area (Å²) in [6.07, 6.45) is 2.55. The van der Waals surface area contributed by atoms with Crippen LogP contribution in [0.25, 0.3) is 5.57 Å². The molecule has 1 heterocycles. The van der Waals surface area contributed by atoms with E-state index in [1.807, 2.05) is 12.1 Å². The molecule has 0 unspecified atom stereocenters. The van der Waals surface area contributed by atoms with Crippen molar-refractivity contribution >= 4 is 17.2 Å². The van der Waals surface area contributed by atoms with Crippen LogP contribution >= 0.6 is 11.6 Å². The third kappa shape index (κ3) is 4.37. The van der Waals surface area contributed by atoms with Crippen LogP contribution in [0.5, 0.6) is 5.88 Å². The van der Waals surface area contributed by atoms with E-state index < -0.39 is 0 Å². The number of rotatable bonds is 5. The highest BCUT2D eigenvalue weighted by atomic mass is 35.5. The lowest BCUT2D eigenvalue weighted by Crippen LogP contribution is -2.10. The second-order valence-electron chi connectivity index (χ2n) is 6.65. The normalized spacial score (nSPS) is 12.3. The van der Waals surface area contributed by atoms with Gasteiger partial charge in [-0.3, -0.25) is 0 Å². The number of aliphatic hydroxyl groups excluding tert-OH is 1. The summed E-state index contributed by atoms with van der Waals surface area (Å²) in [6, 6.07) is 12.1. The van der Waals surface area contributed by atoms with Crippen LogP contribution in [-0.2, 0) is 5.41 Å². The summed E-state index contributed by atoms with van der Waals surface area (Å²) in [5.41, 5.74) is 4.16. The Kier molecular flexibility index (Phi) is 6.03. The van der Waals surface area contributed by atoms with Gasteiger partial charge in [0.2, 0.25) is 5.88 Å². The molecular weight excluding hydrogens is 322 g/mol. The summed E-state index contributed by atoms with van der Waals surface area (Å²) < 4.78 is 5.22. The number of ether oxygens (including phenoxy) is 1. The van der Waals surface area contributed by atoms with Crippen LogP contribution in [0, 0.1) is 0 Å². The monoisotopic (exact) mass is 345 g/mol. The molecular formula is C20H24ClNO2. The zero-order valence-electron chi connectivity index (χ0n) is 14.6. The minimum absolute atomic E-state index is 0.0916. The second kappa shape index (κ2) is 7.82. The van der Waals surface area contributed by atoms with E-state index in [1.54, 1.807) is 13.2 Å². The van der Waals surface area contributed by atoms with Crippen LogP contribution in [0.4, 0.5) is 0 Å². The molecule has 0 atom stereocenters. The maximum absolute atomic E-state index is 9.19. The van der Waals surface area contributed by atoms with Crippen LogP contribution in [0.1, 0.15) is 44.0 Å². The summed E-state index contributed by atoms with van der Waals surface area (Å²) in [7, 11) is 1.55. The molecule has 0 saturated carbocycles. The predicted molar refractivity (Wildman–Crippen MR) is 99.7 cm³/mol. The van der Waals surface area contributed by atoms with Gasteiger partial charge in [0.15, 0.2) is 0 Å². The van der Waals surface area contributed by atoms with Gasteiger partial charge in [-0.25, -0.2) is 4.98 Å². The molecule has 4 heteroatoms. The van der Waals surface area contributed by atoms with Crippen molar-refractivity contribution in [2.45, 2.75) is 32.6 Å². The van der Waals surface area contributed by atoms with Crippen LogP contribution in [0.2, 0.25) is 5.02 Å². The van der Waals surface area contributed by atoms with Crippen LogP contribution < -0.4 is 4.74 Å². The molecule has 128 valence electrons. The van der Waals surface area contributed by atoms with Gasteiger partial charge in [-0.05, 0) is 35.1 Å². The Morgan fingerprint density at radius 2 is 1.83 bits per heavy atom. The van der Waals surface area contributed by atoms with E-state index in [-0.39, 0.29) is 12.0 Å². The molecule has 24 heavy (non-hydrogen) atoms. The maximum atomic E-state index is 9.19. The molecule has 0 amide bonds. The van der Waals surface area contributed by atoms with Gasteiger partial charge < -0.3 is 9.84 Å². The van der Waals surface area contributed by atoms with E-state index in [4.69, 9.17) is 16.3 Å². The van der Waals surface area contributed by atoms with Crippen molar-refractivity contribution in [2.24, 2.45) is 0 Å². The Morgan fingerprint density at radius 1 is 1.17 bits per heavy atom. The Bertz CT molecular complexity index is 715. The van der Waals surface area contributed by atoms with Crippen molar-refractivity contribution in [1.29, 1.82) is 0 Å². The minimum atomic E-state index is 0.0916. The molecule has 0 saturated heterocycles. The van der Waals surface area contributed by atoms with E-state index in [1.165, 1.54) is 5.56 Å². The molecule has 2 aromatic rings. The van der Waals surface area contributed by atoms with E-state index >= 15 is 0 Å². The van der Waals surface area contributed by atoms with Crippen LogP contribution in [-0.4, -0.2) is 23.8 Å². The van der Waals surface area contributed by atoms with Gasteiger partial charge in [0.1, 0.15) is 5.02 Å². The second-order valence-corrected chi connectivity index (χ2v) is 7.05. The smallest absolute Gasteiger partial charge is 0.232 e. The number of pyridine rings is 1. The van der Waals surface area contributed by atoms with E-state index in [0.29, 0.717) is 17.3 Å². The number of nitrogens with zero attached hydrogens (tertiary/aromatic N) is 1. The highest BCUT2D eigenvalue weighted by molar-refractivity contribution is 6.31. The molecule has 0 bridgehead atoms. The summed E-state index contributed by atoms with van der Waals surface area (Å²) in [4.78, 5) is 4.49. The van der Waals surface area contributed by atoms with Gasteiger partial charge in [-0.15, -0.1) is 0 Å². The standard InChI is InChI=1S/C20H24ClNO2/c1-20(2,3)15-9-7-14(8-10-15)16(6-5-13-23)18-12-11-17(21)19(22-18)24-4/h6-12,23H,5,13H2,1-4H3. The first-order valence-electron chi connectivity index (χ1n) is 7.99. The predicted octanol–water partition coefficient (Wildman–Crippen LogP) is 4.86. The van der Waals surface area contributed by atoms with Crippen molar-refractivity contribution in [3.8, 4) is 5.88 Å². The minimum Gasteiger partial charge on any atom is -0.480 e. The number of halogens is 1. The van der Waals surface area contributed by atoms with Crippen molar-refractivity contribution in [2.75, 3.05) is 13.7 Å². The van der Waals surface area contributed by atoms with Crippen molar-refractivity contribution in [1.82, 2.24) is 4.98 Å². The lowest BCUT2D eigenvalue weighted by Gasteiger charge is -2.19. The number of hydrogen-bond donors (Lipinski definition) is 1. The fourth-order valence-electron chi connectivity index (χ4n) is 2.45. The maximum Gasteiger partial charge on any atom is 0.232 e. The SMILES string of the molecule is COc1nc(C(=CCCO)c2ccc(C(C)(C)C)cc2)ccc1Cl. The number of aromatic nitrogens is 1. The van der Waals surface area contributed by atoms with Gasteiger partial charge in [0.25, 0.3) is 0 Å². The average Bonchev–Trinajstić information content (AvgIpc) is 2.56. The van der Waals surface area contributed by atoms with Gasteiger partial charge in [-0.1, -0.05) is 62.7 Å². The first kappa shape index (κ1) is 18.5. The zero-order chi connectivity index (χ0) is 17.7. The van der Waals surface area contributed by atoms with E-state index in [2.05, 4.69) is 50.0 Å². The van der Waals surface area contributed by atoms with E-state index in [9.17, 15) is 5.11 Å². The van der Waals surface area contributed by atoms with Crippen LogP contribution in [0.3, 0.4) is 0 Å². The first-order valence-corrected chi connectivity index (χ1v) is 8.37. The van der Waals surface area contributed by atoms with Crippen molar-refractivity contribution in [3.05, 3.63) is 64.3 Å². The fraction of sp³-hybridized carbons (Fsp3) is 0.350. The van der Waals surface area contributed by atoms with Crippen molar-refractivity contribution < 1.29 is 9.84 Å². The molecule has 0 fully saturated rings. The number of hydrogen-bond acceptors (Lipinski definition) is 3. The summed E-state index contributed by atoms with van der Waals surface area (Å²) in [6.45, 7) is 6.66. The van der Waals surface area contributed by atoms with E-state index in [0.717, 1.165) is 16.8 Å². The Morgan fingerprint density at radius 3 is 2.38 bits per heavy atom. The number of aliphatic hydroxyl groups is 1.